The third kappa shape index (κ3) is 5.00. The van der Waals surface area contributed by atoms with E-state index in [1.807, 2.05) is 0 Å². The summed E-state index contributed by atoms with van der Waals surface area (Å²) in [4.78, 5) is 33.2. The standard InChI is InChI=1S/C13H13BrO6/c1-7(15)18-12-6-10(14)4-5-11(12)13(19-8(2)16)20-9(3)17/h4-6,13H,1-3H3. The molecule has 0 saturated carbocycles. The van der Waals surface area contributed by atoms with Crippen molar-refractivity contribution in [2.45, 2.75) is 27.1 Å². The fraction of sp³-hybridized carbons (Fsp3) is 0.308. The third-order valence-corrected chi connectivity index (χ3v) is 2.52. The van der Waals surface area contributed by atoms with Gasteiger partial charge in [0.25, 0.3) is 6.29 Å². The first-order valence-corrected chi connectivity index (χ1v) is 6.41. The summed E-state index contributed by atoms with van der Waals surface area (Å²) in [7, 11) is 0. The van der Waals surface area contributed by atoms with Crippen LogP contribution in [-0.4, -0.2) is 17.9 Å². The highest BCUT2D eigenvalue weighted by atomic mass is 79.9. The zero-order chi connectivity index (χ0) is 15.3. The molecule has 0 radical (unpaired) electrons. The third-order valence-electron chi connectivity index (χ3n) is 2.03. The Balaban J connectivity index is 3.19. The minimum atomic E-state index is -1.27. The van der Waals surface area contributed by atoms with Crippen LogP contribution in [0.25, 0.3) is 0 Å². The van der Waals surface area contributed by atoms with E-state index >= 15 is 0 Å². The monoisotopic (exact) mass is 344 g/mol. The Kier molecular flexibility index (Phi) is 5.69. The lowest BCUT2D eigenvalue weighted by Gasteiger charge is -2.19. The van der Waals surface area contributed by atoms with Crippen molar-refractivity contribution in [3.63, 3.8) is 0 Å². The molecule has 0 saturated heterocycles. The maximum absolute atomic E-state index is 11.1. The van der Waals surface area contributed by atoms with E-state index in [-0.39, 0.29) is 11.3 Å². The lowest BCUT2D eigenvalue weighted by molar-refractivity contribution is -0.186. The van der Waals surface area contributed by atoms with Gasteiger partial charge in [-0.15, -0.1) is 0 Å². The van der Waals surface area contributed by atoms with Crippen molar-refractivity contribution in [3.05, 3.63) is 28.2 Å². The predicted molar refractivity (Wildman–Crippen MR) is 71.7 cm³/mol. The number of benzene rings is 1. The van der Waals surface area contributed by atoms with E-state index in [0.717, 1.165) is 0 Å². The van der Waals surface area contributed by atoms with Gasteiger partial charge in [0.15, 0.2) is 0 Å². The average molecular weight is 345 g/mol. The molecule has 0 atom stereocenters. The van der Waals surface area contributed by atoms with Crippen LogP contribution in [-0.2, 0) is 23.9 Å². The summed E-state index contributed by atoms with van der Waals surface area (Å²) in [6.45, 7) is 3.60. The number of hydrogen-bond acceptors (Lipinski definition) is 6. The van der Waals surface area contributed by atoms with Crippen molar-refractivity contribution in [3.8, 4) is 5.75 Å². The first kappa shape index (κ1) is 16.2. The van der Waals surface area contributed by atoms with Gasteiger partial charge in [-0.2, -0.15) is 0 Å². The number of esters is 3. The smallest absolute Gasteiger partial charge is 0.308 e. The molecule has 0 N–H and O–H groups in total. The molecular formula is C13H13BrO6. The Hall–Kier alpha value is -1.89. The summed E-state index contributed by atoms with van der Waals surface area (Å²) >= 11 is 3.23. The Morgan fingerprint density at radius 2 is 1.55 bits per heavy atom. The molecule has 0 fully saturated rings. The van der Waals surface area contributed by atoms with Crippen molar-refractivity contribution < 1.29 is 28.6 Å². The molecule has 0 heterocycles. The fourth-order valence-corrected chi connectivity index (χ4v) is 1.74. The Morgan fingerprint density at radius 1 is 1.00 bits per heavy atom. The maximum atomic E-state index is 11.1. The second kappa shape index (κ2) is 7.04. The molecule has 1 aromatic carbocycles. The second-order valence-corrected chi connectivity index (χ2v) is 4.74. The summed E-state index contributed by atoms with van der Waals surface area (Å²) in [5, 5.41) is 0. The topological polar surface area (TPSA) is 78.9 Å². The molecule has 0 unspecified atom stereocenters. The predicted octanol–water partition coefficient (Wildman–Crippen LogP) is 2.50. The first-order valence-electron chi connectivity index (χ1n) is 5.62. The summed E-state index contributed by atoms with van der Waals surface area (Å²) in [6.07, 6.45) is -1.27. The highest BCUT2D eigenvalue weighted by Crippen LogP contribution is 2.32. The minimum Gasteiger partial charge on any atom is -0.426 e. The van der Waals surface area contributed by atoms with Gasteiger partial charge in [0.1, 0.15) is 5.75 Å². The van der Waals surface area contributed by atoms with Gasteiger partial charge >= 0.3 is 17.9 Å². The number of rotatable bonds is 4. The van der Waals surface area contributed by atoms with Crippen molar-refractivity contribution in [2.24, 2.45) is 0 Å². The van der Waals surface area contributed by atoms with Crippen molar-refractivity contribution >= 4 is 33.8 Å². The fourth-order valence-electron chi connectivity index (χ4n) is 1.40. The van der Waals surface area contributed by atoms with Crippen molar-refractivity contribution in [1.29, 1.82) is 0 Å². The van der Waals surface area contributed by atoms with Crippen LogP contribution in [0, 0.1) is 0 Å². The molecule has 7 heteroatoms. The molecule has 1 rings (SSSR count). The van der Waals surface area contributed by atoms with Crippen LogP contribution in [0.15, 0.2) is 22.7 Å². The van der Waals surface area contributed by atoms with Crippen LogP contribution in [0.3, 0.4) is 0 Å². The normalized spacial score (nSPS) is 10.1. The number of ether oxygens (including phenoxy) is 3. The van der Waals surface area contributed by atoms with Gasteiger partial charge in [-0.25, -0.2) is 0 Å². The number of halogens is 1. The number of hydrogen-bond donors (Lipinski definition) is 0. The van der Waals surface area contributed by atoms with Gasteiger partial charge in [0.05, 0.1) is 5.56 Å². The molecule has 20 heavy (non-hydrogen) atoms. The van der Waals surface area contributed by atoms with E-state index in [2.05, 4.69) is 15.9 Å². The van der Waals surface area contributed by atoms with E-state index in [0.29, 0.717) is 4.47 Å². The van der Waals surface area contributed by atoms with E-state index in [1.54, 1.807) is 6.07 Å². The molecule has 0 aromatic heterocycles. The molecular weight excluding hydrogens is 332 g/mol. The lowest BCUT2D eigenvalue weighted by Crippen LogP contribution is -2.16. The number of carbonyl (C=O) groups is 3. The van der Waals surface area contributed by atoms with Crippen LogP contribution in [0.4, 0.5) is 0 Å². The molecule has 108 valence electrons. The van der Waals surface area contributed by atoms with Gasteiger partial charge in [0.2, 0.25) is 0 Å². The molecule has 0 aliphatic carbocycles. The Labute approximate surface area is 124 Å². The number of carbonyl (C=O) groups excluding carboxylic acids is 3. The van der Waals surface area contributed by atoms with Gasteiger partial charge < -0.3 is 14.2 Å². The van der Waals surface area contributed by atoms with Crippen molar-refractivity contribution in [2.75, 3.05) is 0 Å². The van der Waals surface area contributed by atoms with Crippen LogP contribution in [0.5, 0.6) is 5.75 Å². The quantitative estimate of drug-likeness (QED) is 0.474. The van der Waals surface area contributed by atoms with Gasteiger partial charge in [-0.3, -0.25) is 14.4 Å². The molecule has 6 nitrogen and oxygen atoms in total. The van der Waals surface area contributed by atoms with E-state index in [1.165, 1.54) is 32.9 Å². The summed E-state index contributed by atoms with van der Waals surface area (Å²) in [5.74, 6) is -1.67. The van der Waals surface area contributed by atoms with Gasteiger partial charge in [-0.1, -0.05) is 15.9 Å². The highest BCUT2D eigenvalue weighted by molar-refractivity contribution is 9.10. The molecule has 0 spiro atoms. The Bertz CT molecular complexity index is 524. The van der Waals surface area contributed by atoms with Crippen LogP contribution in [0.2, 0.25) is 0 Å². The Morgan fingerprint density at radius 3 is 2.00 bits per heavy atom. The largest absolute Gasteiger partial charge is 0.426 e. The van der Waals surface area contributed by atoms with Gasteiger partial charge in [-0.05, 0) is 18.2 Å². The summed E-state index contributed by atoms with van der Waals surface area (Å²) in [6, 6.07) is 4.68. The zero-order valence-corrected chi connectivity index (χ0v) is 12.7. The highest BCUT2D eigenvalue weighted by Gasteiger charge is 2.23. The van der Waals surface area contributed by atoms with Crippen LogP contribution < -0.4 is 4.74 Å². The molecule has 1 aromatic rings. The van der Waals surface area contributed by atoms with Crippen LogP contribution in [0.1, 0.15) is 32.6 Å². The van der Waals surface area contributed by atoms with Crippen molar-refractivity contribution in [1.82, 2.24) is 0 Å². The van der Waals surface area contributed by atoms with Gasteiger partial charge in [0, 0.05) is 25.2 Å². The molecule has 0 amide bonds. The molecule has 0 aliphatic heterocycles. The summed E-state index contributed by atoms with van der Waals surface area (Å²) in [5.41, 5.74) is 0.258. The van der Waals surface area contributed by atoms with E-state index < -0.39 is 24.2 Å². The van der Waals surface area contributed by atoms with Crippen LogP contribution >= 0.6 is 15.9 Å². The maximum Gasteiger partial charge on any atom is 0.308 e. The lowest BCUT2D eigenvalue weighted by atomic mass is 10.2. The van der Waals surface area contributed by atoms with E-state index in [9.17, 15) is 14.4 Å². The van der Waals surface area contributed by atoms with E-state index in [4.69, 9.17) is 14.2 Å². The summed E-state index contributed by atoms with van der Waals surface area (Å²) < 4.78 is 15.5. The SMILES string of the molecule is CC(=O)Oc1cc(Br)ccc1C(OC(C)=O)OC(C)=O. The average Bonchev–Trinajstić information content (AvgIpc) is 2.25. The zero-order valence-electron chi connectivity index (χ0n) is 11.1. The first-order chi connectivity index (χ1) is 9.29. The molecule has 0 bridgehead atoms. The minimum absolute atomic E-state index is 0.138. The molecule has 0 aliphatic rings. The second-order valence-electron chi connectivity index (χ2n) is 3.83.